The number of guanidine groups is 1. The largest absolute Gasteiger partial charge is 0.355 e. The first kappa shape index (κ1) is 24.9. The van der Waals surface area contributed by atoms with Crippen LogP contribution in [0.15, 0.2) is 29.3 Å². The van der Waals surface area contributed by atoms with Crippen LogP contribution in [0, 0.1) is 5.92 Å². The molecule has 2 unspecified atom stereocenters. The summed E-state index contributed by atoms with van der Waals surface area (Å²) in [7, 11) is 1.82. The van der Waals surface area contributed by atoms with E-state index in [-0.39, 0.29) is 35.9 Å². The van der Waals surface area contributed by atoms with E-state index in [1.54, 1.807) is 0 Å². The third kappa shape index (κ3) is 6.33. The van der Waals surface area contributed by atoms with E-state index in [0.29, 0.717) is 18.4 Å². The van der Waals surface area contributed by atoms with Gasteiger partial charge in [0.25, 0.3) is 0 Å². The average Bonchev–Trinajstić information content (AvgIpc) is 3.20. The molecule has 1 amide bonds. The zero-order valence-electron chi connectivity index (χ0n) is 18.9. The monoisotopic (exact) mass is 527 g/mol. The lowest BCUT2D eigenvalue weighted by Crippen LogP contribution is -2.52. The van der Waals surface area contributed by atoms with Gasteiger partial charge in [-0.15, -0.1) is 24.0 Å². The van der Waals surface area contributed by atoms with Gasteiger partial charge in [-0.2, -0.15) is 0 Å². The fraction of sp³-hybridized carbons (Fsp3) is 0.652. The first-order chi connectivity index (χ1) is 14.0. The molecule has 0 bridgehead atoms. The molecule has 2 aliphatic heterocycles. The van der Waals surface area contributed by atoms with Crippen LogP contribution in [0.5, 0.6) is 0 Å². The number of aliphatic imine (C=N–C) groups is 1. The minimum atomic E-state index is 0. The van der Waals surface area contributed by atoms with Crippen LogP contribution in [-0.4, -0.2) is 67.0 Å². The smallest absolute Gasteiger partial charge is 0.222 e. The van der Waals surface area contributed by atoms with Gasteiger partial charge in [-0.25, -0.2) is 0 Å². The molecule has 2 aliphatic rings. The fourth-order valence-corrected chi connectivity index (χ4v) is 4.50. The Morgan fingerprint density at radius 3 is 2.63 bits per heavy atom. The molecule has 0 radical (unpaired) electrons. The van der Waals surface area contributed by atoms with Gasteiger partial charge in [0.2, 0.25) is 5.91 Å². The van der Waals surface area contributed by atoms with Crippen molar-refractivity contribution in [2.24, 2.45) is 10.9 Å². The Bertz CT molecular complexity index is 723. The quantitative estimate of drug-likeness (QED) is 0.340. The van der Waals surface area contributed by atoms with Crippen molar-refractivity contribution < 1.29 is 4.79 Å². The normalized spacial score (nSPS) is 20.5. The molecule has 1 fully saturated rings. The van der Waals surface area contributed by atoms with Gasteiger partial charge in [0.15, 0.2) is 5.96 Å². The van der Waals surface area contributed by atoms with Crippen LogP contribution in [0.4, 0.5) is 0 Å². The van der Waals surface area contributed by atoms with Gasteiger partial charge in [-0.1, -0.05) is 45.0 Å². The standard InChI is InChI=1S/C23H37N5O.HI/c1-5-22(29)28-13-11-20(16-28)26-23(24-4)25-14-21(17(2)3)27-12-10-18-8-6-7-9-19(18)15-27;/h6-9,17,20-21H,5,10-16H2,1-4H3,(H2,24,25,26);1H. The van der Waals surface area contributed by atoms with Gasteiger partial charge in [0, 0.05) is 58.3 Å². The van der Waals surface area contributed by atoms with Crippen molar-refractivity contribution in [2.45, 2.75) is 58.7 Å². The summed E-state index contributed by atoms with van der Waals surface area (Å²) in [6, 6.07) is 9.53. The average molecular weight is 527 g/mol. The topological polar surface area (TPSA) is 60.0 Å². The number of amides is 1. The highest BCUT2D eigenvalue weighted by Gasteiger charge is 2.28. The Labute approximate surface area is 198 Å². The van der Waals surface area contributed by atoms with Crippen LogP contribution in [0.3, 0.4) is 0 Å². The van der Waals surface area contributed by atoms with Crippen LogP contribution < -0.4 is 10.6 Å². The van der Waals surface area contributed by atoms with Crippen molar-refractivity contribution in [1.82, 2.24) is 20.4 Å². The first-order valence-corrected chi connectivity index (χ1v) is 11.1. The van der Waals surface area contributed by atoms with Gasteiger partial charge in [-0.3, -0.25) is 14.7 Å². The summed E-state index contributed by atoms with van der Waals surface area (Å²) in [5.41, 5.74) is 2.95. The molecule has 1 aromatic rings. The Hall–Kier alpha value is -1.35. The highest BCUT2D eigenvalue weighted by molar-refractivity contribution is 14.0. The Kier molecular flexibility index (Phi) is 9.87. The second kappa shape index (κ2) is 11.9. The van der Waals surface area contributed by atoms with E-state index < -0.39 is 0 Å². The third-order valence-electron chi connectivity index (χ3n) is 6.29. The van der Waals surface area contributed by atoms with Crippen molar-refractivity contribution in [2.75, 3.05) is 33.2 Å². The maximum Gasteiger partial charge on any atom is 0.222 e. The van der Waals surface area contributed by atoms with Gasteiger partial charge in [0.05, 0.1) is 0 Å². The van der Waals surface area contributed by atoms with E-state index in [4.69, 9.17) is 0 Å². The number of likely N-dealkylation sites (tertiary alicyclic amines) is 1. The molecule has 7 heteroatoms. The predicted molar refractivity (Wildman–Crippen MR) is 134 cm³/mol. The molecule has 0 aliphatic carbocycles. The minimum Gasteiger partial charge on any atom is -0.355 e. The zero-order chi connectivity index (χ0) is 20.8. The molecule has 2 heterocycles. The Morgan fingerprint density at radius 1 is 1.23 bits per heavy atom. The summed E-state index contributed by atoms with van der Waals surface area (Å²) < 4.78 is 0. The number of rotatable bonds is 6. The maximum absolute atomic E-state index is 11.9. The molecule has 6 nitrogen and oxygen atoms in total. The van der Waals surface area contributed by atoms with E-state index in [2.05, 4.69) is 58.6 Å². The number of nitrogens with one attached hydrogen (secondary N) is 2. The second-order valence-electron chi connectivity index (χ2n) is 8.58. The number of fused-ring (bicyclic) bond motifs is 1. The molecular formula is C23H38IN5O. The number of benzene rings is 1. The summed E-state index contributed by atoms with van der Waals surface area (Å²) in [6.07, 6.45) is 2.67. The minimum absolute atomic E-state index is 0. The summed E-state index contributed by atoms with van der Waals surface area (Å²) in [5.74, 6) is 1.63. The predicted octanol–water partition coefficient (Wildman–Crippen LogP) is 2.86. The number of hydrogen-bond acceptors (Lipinski definition) is 3. The lowest BCUT2D eigenvalue weighted by Gasteiger charge is -2.38. The van der Waals surface area contributed by atoms with Gasteiger partial charge in [0.1, 0.15) is 0 Å². The molecule has 3 rings (SSSR count). The summed E-state index contributed by atoms with van der Waals surface area (Å²) in [5, 5.41) is 7.06. The Morgan fingerprint density at radius 2 is 1.97 bits per heavy atom. The Balaban J connectivity index is 0.00000320. The van der Waals surface area contributed by atoms with Gasteiger partial charge in [-0.05, 0) is 29.9 Å². The number of carbonyl (C=O) groups excluding carboxylic acids is 1. The van der Waals surface area contributed by atoms with Gasteiger partial charge >= 0.3 is 0 Å². The molecule has 0 spiro atoms. The molecule has 0 saturated carbocycles. The van der Waals surface area contributed by atoms with Crippen LogP contribution in [-0.2, 0) is 17.8 Å². The number of halogens is 1. The SMILES string of the molecule is CCC(=O)N1CCC(NC(=NC)NCC(C(C)C)N2CCc3ccccc3C2)C1.I. The molecular weight excluding hydrogens is 489 g/mol. The van der Waals surface area contributed by atoms with Crippen LogP contribution in [0.1, 0.15) is 44.7 Å². The molecule has 1 saturated heterocycles. The molecule has 2 N–H and O–H groups in total. The molecule has 2 atom stereocenters. The lowest BCUT2D eigenvalue weighted by molar-refractivity contribution is -0.129. The molecule has 30 heavy (non-hydrogen) atoms. The van der Waals surface area contributed by atoms with Crippen LogP contribution in [0.2, 0.25) is 0 Å². The zero-order valence-corrected chi connectivity index (χ0v) is 21.2. The van der Waals surface area contributed by atoms with Crippen molar-refractivity contribution >= 4 is 35.8 Å². The molecule has 1 aromatic carbocycles. The van der Waals surface area contributed by atoms with Crippen molar-refractivity contribution in [3.05, 3.63) is 35.4 Å². The lowest BCUT2D eigenvalue weighted by atomic mass is 9.95. The van der Waals surface area contributed by atoms with E-state index in [0.717, 1.165) is 51.5 Å². The van der Waals surface area contributed by atoms with Crippen LogP contribution >= 0.6 is 24.0 Å². The first-order valence-electron chi connectivity index (χ1n) is 11.1. The summed E-state index contributed by atoms with van der Waals surface area (Å²) in [4.78, 5) is 20.9. The van der Waals surface area contributed by atoms with Crippen molar-refractivity contribution in [1.29, 1.82) is 0 Å². The third-order valence-corrected chi connectivity index (χ3v) is 6.29. The fourth-order valence-electron chi connectivity index (χ4n) is 4.50. The summed E-state index contributed by atoms with van der Waals surface area (Å²) in [6.45, 7) is 11.1. The maximum atomic E-state index is 11.9. The van der Waals surface area contributed by atoms with Crippen molar-refractivity contribution in [3.63, 3.8) is 0 Å². The van der Waals surface area contributed by atoms with E-state index in [1.807, 2.05) is 18.9 Å². The second-order valence-corrected chi connectivity index (χ2v) is 8.58. The van der Waals surface area contributed by atoms with Gasteiger partial charge < -0.3 is 15.5 Å². The van der Waals surface area contributed by atoms with E-state index in [9.17, 15) is 4.79 Å². The summed E-state index contributed by atoms with van der Waals surface area (Å²) >= 11 is 0. The van der Waals surface area contributed by atoms with E-state index in [1.165, 1.54) is 11.1 Å². The number of nitrogens with zero attached hydrogens (tertiary/aromatic N) is 3. The highest BCUT2D eigenvalue weighted by atomic mass is 127. The molecule has 0 aromatic heterocycles. The number of carbonyl (C=O) groups is 1. The highest BCUT2D eigenvalue weighted by Crippen LogP contribution is 2.22. The van der Waals surface area contributed by atoms with Crippen LogP contribution in [0.25, 0.3) is 0 Å². The van der Waals surface area contributed by atoms with Crippen molar-refractivity contribution in [3.8, 4) is 0 Å². The number of hydrogen-bond donors (Lipinski definition) is 2. The molecule has 168 valence electrons. The van der Waals surface area contributed by atoms with E-state index >= 15 is 0 Å².